The number of carboxylic acid groups (broad SMARTS) is 2. The summed E-state index contributed by atoms with van der Waals surface area (Å²) < 4.78 is 0. The zero-order valence-corrected chi connectivity index (χ0v) is 15.2. The molecular formula is C20H28O5. The molecule has 4 atom stereocenters. The molecular weight excluding hydrogens is 320 g/mol. The van der Waals surface area contributed by atoms with Crippen molar-refractivity contribution >= 4 is 18.2 Å². The van der Waals surface area contributed by atoms with Crippen molar-refractivity contribution in [3.8, 4) is 0 Å². The fourth-order valence-electron chi connectivity index (χ4n) is 5.23. The van der Waals surface area contributed by atoms with Crippen molar-refractivity contribution in [2.24, 2.45) is 22.7 Å². The standard InChI is InChI=1S/C20H28O5/c1-13-5-4-6-16-19(13,2)10-8-15(18(24)25)20(16,3)9-7-14(12-21)11-17(22)23/h5,11-12,15-16H,4,6-10H2,1-3H3,(H,22,23)(H,24,25)/b14-11-/t15-,16-,19-,20-/m0/s1. The first-order chi connectivity index (χ1) is 11.6. The molecule has 5 heteroatoms. The Balaban J connectivity index is 2.36. The van der Waals surface area contributed by atoms with Crippen LogP contribution in [0, 0.1) is 22.7 Å². The molecule has 0 spiro atoms. The van der Waals surface area contributed by atoms with E-state index in [0.29, 0.717) is 25.5 Å². The molecule has 138 valence electrons. The summed E-state index contributed by atoms with van der Waals surface area (Å²) >= 11 is 0. The summed E-state index contributed by atoms with van der Waals surface area (Å²) in [5, 5.41) is 18.7. The minimum absolute atomic E-state index is 0.0171. The summed E-state index contributed by atoms with van der Waals surface area (Å²) in [6.07, 6.45) is 7.93. The fraction of sp³-hybridized carbons (Fsp3) is 0.650. The molecule has 2 aliphatic carbocycles. The monoisotopic (exact) mass is 348 g/mol. The van der Waals surface area contributed by atoms with Gasteiger partial charge in [-0.2, -0.15) is 0 Å². The molecule has 2 aliphatic rings. The predicted molar refractivity (Wildman–Crippen MR) is 94.1 cm³/mol. The van der Waals surface area contributed by atoms with Gasteiger partial charge in [0.05, 0.1) is 5.92 Å². The smallest absolute Gasteiger partial charge is 0.328 e. The van der Waals surface area contributed by atoms with E-state index >= 15 is 0 Å². The van der Waals surface area contributed by atoms with Gasteiger partial charge < -0.3 is 10.2 Å². The average Bonchev–Trinajstić information content (AvgIpc) is 2.53. The predicted octanol–water partition coefficient (Wildman–Crippen LogP) is 3.84. The second-order valence-electron chi connectivity index (χ2n) is 8.05. The van der Waals surface area contributed by atoms with E-state index in [9.17, 15) is 19.5 Å². The maximum absolute atomic E-state index is 11.9. The van der Waals surface area contributed by atoms with E-state index in [1.165, 1.54) is 5.57 Å². The van der Waals surface area contributed by atoms with Gasteiger partial charge in [0.15, 0.2) is 0 Å². The van der Waals surface area contributed by atoms with Crippen molar-refractivity contribution < 1.29 is 24.6 Å². The number of carbonyl (C=O) groups is 3. The third kappa shape index (κ3) is 3.55. The number of aldehydes is 1. The van der Waals surface area contributed by atoms with Gasteiger partial charge in [0.2, 0.25) is 0 Å². The van der Waals surface area contributed by atoms with Crippen molar-refractivity contribution in [1.82, 2.24) is 0 Å². The van der Waals surface area contributed by atoms with Crippen LogP contribution in [-0.2, 0) is 14.4 Å². The van der Waals surface area contributed by atoms with Crippen molar-refractivity contribution in [1.29, 1.82) is 0 Å². The van der Waals surface area contributed by atoms with Gasteiger partial charge >= 0.3 is 11.9 Å². The van der Waals surface area contributed by atoms with Crippen LogP contribution in [0.1, 0.15) is 59.3 Å². The van der Waals surface area contributed by atoms with Gasteiger partial charge in [-0.15, -0.1) is 0 Å². The van der Waals surface area contributed by atoms with Gasteiger partial charge in [0.25, 0.3) is 0 Å². The van der Waals surface area contributed by atoms with Gasteiger partial charge in [0.1, 0.15) is 6.29 Å². The SMILES string of the molecule is CC1=CCC[C@@H]2[C@@](C)(CC/C(C=O)=C/C(=O)O)[C@H](C(=O)O)CC[C@@]12C. The van der Waals surface area contributed by atoms with Gasteiger partial charge in [-0.1, -0.05) is 25.5 Å². The highest BCUT2D eigenvalue weighted by molar-refractivity contribution is 5.88. The Labute approximate surface area is 148 Å². The quantitative estimate of drug-likeness (QED) is 0.432. The van der Waals surface area contributed by atoms with Crippen LogP contribution in [0.5, 0.6) is 0 Å². The highest BCUT2D eigenvalue weighted by Gasteiger charge is 2.56. The minimum Gasteiger partial charge on any atom is -0.481 e. The van der Waals surface area contributed by atoms with Crippen LogP contribution in [0.3, 0.4) is 0 Å². The summed E-state index contributed by atoms with van der Waals surface area (Å²) in [5.74, 6) is -2.18. The first-order valence-electron chi connectivity index (χ1n) is 8.94. The van der Waals surface area contributed by atoms with E-state index in [4.69, 9.17) is 5.11 Å². The third-order valence-corrected chi connectivity index (χ3v) is 6.83. The molecule has 0 aliphatic heterocycles. The van der Waals surface area contributed by atoms with Crippen LogP contribution in [0.15, 0.2) is 23.3 Å². The zero-order valence-electron chi connectivity index (χ0n) is 15.2. The Bertz CT molecular complexity index is 632. The number of aliphatic carboxylic acids is 2. The molecule has 0 saturated heterocycles. The largest absolute Gasteiger partial charge is 0.481 e. The molecule has 0 bridgehead atoms. The van der Waals surface area contributed by atoms with Crippen LogP contribution >= 0.6 is 0 Å². The van der Waals surface area contributed by atoms with Crippen LogP contribution in [0.2, 0.25) is 0 Å². The van der Waals surface area contributed by atoms with E-state index in [0.717, 1.165) is 25.3 Å². The van der Waals surface area contributed by atoms with Crippen molar-refractivity contribution in [3.63, 3.8) is 0 Å². The van der Waals surface area contributed by atoms with Crippen LogP contribution in [-0.4, -0.2) is 28.4 Å². The average molecular weight is 348 g/mol. The van der Waals surface area contributed by atoms with Crippen molar-refractivity contribution in [2.45, 2.75) is 59.3 Å². The number of rotatable bonds is 6. The zero-order chi connectivity index (χ0) is 18.8. The molecule has 0 aromatic heterocycles. The molecule has 1 fully saturated rings. The van der Waals surface area contributed by atoms with E-state index in [-0.39, 0.29) is 16.9 Å². The molecule has 5 nitrogen and oxygen atoms in total. The fourth-order valence-corrected chi connectivity index (χ4v) is 5.23. The van der Waals surface area contributed by atoms with Crippen LogP contribution < -0.4 is 0 Å². The molecule has 1 saturated carbocycles. The normalized spacial score (nSPS) is 35.5. The maximum atomic E-state index is 11.9. The Hall–Kier alpha value is -1.91. The van der Waals surface area contributed by atoms with Crippen LogP contribution in [0.4, 0.5) is 0 Å². The molecule has 0 heterocycles. The second-order valence-corrected chi connectivity index (χ2v) is 8.05. The number of carbonyl (C=O) groups excluding carboxylic acids is 1. The summed E-state index contributed by atoms with van der Waals surface area (Å²) in [7, 11) is 0. The lowest BCUT2D eigenvalue weighted by Crippen LogP contribution is -2.52. The topological polar surface area (TPSA) is 91.7 Å². The Morgan fingerprint density at radius 3 is 2.52 bits per heavy atom. The molecule has 0 aromatic rings. The van der Waals surface area contributed by atoms with Crippen LogP contribution in [0.25, 0.3) is 0 Å². The Morgan fingerprint density at radius 1 is 1.28 bits per heavy atom. The van der Waals surface area contributed by atoms with Gasteiger partial charge in [0, 0.05) is 6.08 Å². The molecule has 0 aromatic carbocycles. The first-order valence-corrected chi connectivity index (χ1v) is 8.94. The Morgan fingerprint density at radius 2 is 1.96 bits per heavy atom. The number of hydrogen-bond acceptors (Lipinski definition) is 3. The highest BCUT2D eigenvalue weighted by atomic mass is 16.4. The third-order valence-electron chi connectivity index (χ3n) is 6.83. The first kappa shape index (κ1) is 19.4. The molecule has 25 heavy (non-hydrogen) atoms. The van der Waals surface area contributed by atoms with E-state index in [1.807, 2.05) is 6.92 Å². The highest BCUT2D eigenvalue weighted by Crippen LogP contribution is 2.62. The molecule has 0 unspecified atom stereocenters. The lowest BCUT2D eigenvalue weighted by molar-refractivity contribution is -0.156. The molecule has 0 amide bonds. The van der Waals surface area contributed by atoms with Crippen molar-refractivity contribution in [2.75, 3.05) is 0 Å². The molecule has 0 radical (unpaired) electrons. The number of carboxylic acids is 2. The summed E-state index contributed by atoms with van der Waals surface area (Å²) in [5.41, 5.74) is 1.06. The van der Waals surface area contributed by atoms with E-state index in [1.54, 1.807) is 0 Å². The van der Waals surface area contributed by atoms with Gasteiger partial charge in [-0.05, 0) is 67.8 Å². The van der Waals surface area contributed by atoms with Gasteiger partial charge in [-0.25, -0.2) is 4.79 Å². The van der Waals surface area contributed by atoms with Gasteiger partial charge in [-0.3, -0.25) is 9.59 Å². The van der Waals surface area contributed by atoms with E-state index < -0.39 is 23.3 Å². The number of allylic oxidation sites excluding steroid dienone is 3. The summed E-state index contributed by atoms with van der Waals surface area (Å²) in [4.78, 5) is 34.0. The van der Waals surface area contributed by atoms with Crippen molar-refractivity contribution in [3.05, 3.63) is 23.3 Å². The minimum atomic E-state index is -1.15. The molecule has 2 N–H and O–H groups in total. The summed E-state index contributed by atoms with van der Waals surface area (Å²) in [6.45, 7) is 6.39. The summed E-state index contributed by atoms with van der Waals surface area (Å²) in [6, 6.07) is 0. The van der Waals surface area contributed by atoms with E-state index in [2.05, 4.69) is 19.9 Å². The Kier molecular flexibility index (Phi) is 5.55. The lowest BCUT2D eigenvalue weighted by Gasteiger charge is -2.57. The molecule has 2 rings (SSSR count). The second kappa shape index (κ2) is 7.14. The number of hydrogen-bond donors (Lipinski definition) is 2. The maximum Gasteiger partial charge on any atom is 0.328 e. The lowest BCUT2D eigenvalue weighted by atomic mass is 9.46. The number of fused-ring (bicyclic) bond motifs is 1.